The lowest BCUT2D eigenvalue weighted by Gasteiger charge is -2.13. The molecule has 0 saturated carbocycles. The van der Waals surface area contributed by atoms with Crippen LogP contribution in [-0.4, -0.2) is 0 Å². The fraction of sp³-hybridized carbons (Fsp3) is 0.200. The third kappa shape index (κ3) is 2.89. The van der Waals surface area contributed by atoms with E-state index in [2.05, 4.69) is 77.6 Å². The molecule has 0 aromatic heterocycles. The quantitative estimate of drug-likeness (QED) is 0.832. The van der Waals surface area contributed by atoms with Gasteiger partial charge in [0.1, 0.15) is 0 Å². The molecule has 1 nitrogen and oxygen atoms in total. The summed E-state index contributed by atoms with van der Waals surface area (Å²) in [7, 11) is 0. The van der Waals surface area contributed by atoms with Crippen molar-refractivity contribution in [3.8, 4) is 0 Å². The van der Waals surface area contributed by atoms with Crippen LogP contribution in [0.5, 0.6) is 0 Å². The van der Waals surface area contributed by atoms with Crippen LogP contribution in [0.4, 0.5) is 11.4 Å². The Kier molecular flexibility index (Phi) is 3.85. The number of anilines is 2. The van der Waals surface area contributed by atoms with Gasteiger partial charge in [0, 0.05) is 15.8 Å². The fourth-order valence-corrected chi connectivity index (χ4v) is 2.19. The van der Waals surface area contributed by atoms with Crippen LogP contribution < -0.4 is 5.32 Å². The van der Waals surface area contributed by atoms with Crippen LogP contribution in [0.2, 0.25) is 0 Å². The van der Waals surface area contributed by atoms with E-state index in [0.717, 1.165) is 10.9 Å². The molecule has 2 aromatic carbocycles. The van der Waals surface area contributed by atoms with Crippen molar-refractivity contribution in [3.63, 3.8) is 0 Å². The van der Waals surface area contributed by atoms with E-state index in [0.29, 0.717) is 0 Å². The smallest absolute Gasteiger partial charge is 0.0428 e. The molecule has 0 bridgehead atoms. The topological polar surface area (TPSA) is 12.0 Å². The number of nitrogens with one attached hydrogen (secondary N) is 1. The van der Waals surface area contributed by atoms with Gasteiger partial charge in [0.15, 0.2) is 0 Å². The van der Waals surface area contributed by atoms with Crippen molar-refractivity contribution >= 4 is 27.3 Å². The van der Waals surface area contributed by atoms with Crippen molar-refractivity contribution in [2.75, 3.05) is 5.32 Å². The van der Waals surface area contributed by atoms with Crippen molar-refractivity contribution in [3.05, 3.63) is 58.1 Å². The highest BCUT2D eigenvalue weighted by Crippen LogP contribution is 2.26. The molecule has 1 N–H and O–H groups in total. The van der Waals surface area contributed by atoms with Crippen LogP contribution in [0.15, 0.2) is 46.9 Å². The average Bonchev–Trinajstić information content (AvgIpc) is 2.32. The Bertz CT molecular complexity index is 520. The number of hydrogen-bond donors (Lipinski definition) is 1. The Morgan fingerprint density at radius 2 is 1.82 bits per heavy atom. The predicted molar refractivity (Wildman–Crippen MR) is 78.0 cm³/mol. The second-order valence-corrected chi connectivity index (χ2v) is 5.01. The predicted octanol–water partition coefficient (Wildman–Crippen LogP) is 5.06. The number of benzene rings is 2. The maximum Gasteiger partial charge on any atom is 0.0428 e. The third-order valence-electron chi connectivity index (χ3n) is 2.87. The van der Waals surface area contributed by atoms with E-state index < -0.39 is 0 Å². The first-order chi connectivity index (χ1) is 8.20. The minimum atomic E-state index is 1.03. The first-order valence-corrected chi connectivity index (χ1v) is 6.61. The number of hydrogen-bond acceptors (Lipinski definition) is 1. The Labute approximate surface area is 111 Å². The highest BCUT2D eigenvalue weighted by Gasteiger charge is 2.03. The Hall–Kier alpha value is -1.28. The lowest BCUT2D eigenvalue weighted by molar-refractivity contribution is 1.14. The van der Waals surface area contributed by atoms with Crippen LogP contribution in [-0.2, 0) is 6.42 Å². The molecule has 0 aliphatic carbocycles. The Balaban J connectivity index is 2.35. The standard InChI is InChI=1S/C15H16BrN/c1-3-12-8-9-13(16)10-15(12)17-14-7-5-4-6-11(14)2/h4-10,17H,3H2,1-2H3. The average molecular weight is 290 g/mol. The summed E-state index contributed by atoms with van der Waals surface area (Å²) in [5.74, 6) is 0. The van der Waals surface area contributed by atoms with E-state index in [1.807, 2.05) is 0 Å². The molecule has 2 aromatic rings. The van der Waals surface area contributed by atoms with Crippen molar-refractivity contribution in [1.29, 1.82) is 0 Å². The molecule has 0 fully saturated rings. The maximum atomic E-state index is 3.52. The number of aryl methyl sites for hydroxylation is 2. The summed E-state index contributed by atoms with van der Waals surface area (Å²) in [4.78, 5) is 0. The normalized spacial score (nSPS) is 10.3. The fourth-order valence-electron chi connectivity index (χ4n) is 1.83. The van der Waals surface area contributed by atoms with Crippen LogP contribution in [0.1, 0.15) is 18.1 Å². The van der Waals surface area contributed by atoms with Crippen molar-refractivity contribution in [1.82, 2.24) is 0 Å². The van der Waals surface area contributed by atoms with E-state index in [4.69, 9.17) is 0 Å². The molecular formula is C15H16BrN. The van der Waals surface area contributed by atoms with Gasteiger partial charge in [-0.25, -0.2) is 0 Å². The highest BCUT2D eigenvalue weighted by molar-refractivity contribution is 9.10. The summed E-state index contributed by atoms with van der Waals surface area (Å²) in [6.07, 6.45) is 1.03. The zero-order chi connectivity index (χ0) is 12.3. The monoisotopic (exact) mass is 289 g/mol. The lowest BCUT2D eigenvalue weighted by atomic mass is 10.1. The van der Waals surface area contributed by atoms with Gasteiger partial charge in [-0.1, -0.05) is 47.1 Å². The van der Waals surface area contributed by atoms with Gasteiger partial charge in [0.25, 0.3) is 0 Å². The largest absolute Gasteiger partial charge is 0.355 e. The van der Waals surface area contributed by atoms with E-state index in [9.17, 15) is 0 Å². The molecule has 0 atom stereocenters. The van der Waals surface area contributed by atoms with Crippen LogP contribution in [0.3, 0.4) is 0 Å². The van der Waals surface area contributed by atoms with Gasteiger partial charge in [-0.3, -0.25) is 0 Å². The first kappa shape index (κ1) is 12.2. The SMILES string of the molecule is CCc1ccc(Br)cc1Nc1ccccc1C. The van der Waals surface area contributed by atoms with Gasteiger partial charge in [-0.05, 0) is 42.7 Å². The lowest BCUT2D eigenvalue weighted by Crippen LogP contribution is -1.96. The van der Waals surface area contributed by atoms with E-state index in [1.165, 1.54) is 22.5 Å². The summed E-state index contributed by atoms with van der Waals surface area (Å²) in [5, 5.41) is 3.50. The van der Waals surface area contributed by atoms with Gasteiger partial charge < -0.3 is 5.32 Å². The number of halogens is 1. The van der Waals surface area contributed by atoms with Gasteiger partial charge in [-0.2, -0.15) is 0 Å². The molecule has 0 aliphatic rings. The van der Waals surface area contributed by atoms with Crippen LogP contribution >= 0.6 is 15.9 Å². The van der Waals surface area contributed by atoms with Crippen LogP contribution in [0.25, 0.3) is 0 Å². The van der Waals surface area contributed by atoms with Gasteiger partial charge >= 0.3 is 0 Å². The molecule has 17 heavy (non-hydrogen) atoms. The Morgan fingerprint density at radius 3 is 2.53 bits per heavy atom. The molecular weight excluding hydrogens is 274 g/mol. The summed E-state index contributed by atoms with van der Waals surface area (Å²) in [6, 6.07) is 14.7. The summed E-state index contributed by atoms with van der Waals surface area (Å²) in [6.45, 7) is 4.29. The van der Waals surface area contributed by atoms with Gasteiger partial charge in [0.05, 0.1) is 0 Å². The van der Waals surface area contributed by atoms with Gasteiger partial charge in [0.2, 0.25) is 0 Å². The molecule has 2 rings (SSSR count). The summed E-state index contributed by atoms with van der Waals surface area (Å²) >= 11 is 3.52. The van der Waals surface area contributed by atoms with E-state index in [1.54, 1.807) is 0 Å². The minimum Gasteiger partial charge on any atom is -0.355 e. The third-order valence-corrected chi connectivity index (χ3v) is 3.36. The summed E-state index contributed by atoms with van der Waals surface area (Å²) < 4.78 is 1.10. The molecule has 0 unspecified atom stereocenters. The molecule has 0 heterocycles. The van der Waals surface area contributed by atoms with Crippen LogP contribution in [0, 0.1) is 6.92 Å². The second-order valence-electron chi connectivity index (χ2n) is 4.09. The molecule has 0 saturated heterocycles. The van der Waals surface area contributed by atoms with E-state index in [-0.39, 0.29) is 0 Å². The zero-order valence-electron chi connectivity index (χ0n) is 10.1. The minimum absolute atomic E-state index is 1.03. The molecule has 0 aliphatic heterocycles. The second kappa shape index (κ2) is 5.37. The van der Waals surface area contributed by atoms with Crippen molar-refractivity contribution in [2.45, 2.75) is 20.3 Å². The summed E-state index contributed by atoms with van der Waals surface area (Å²) in [5.41, 5.74) is 4.93. The molecule has 0 spiro atoms. The number of para-hydroxylation sites is 1. The van der Waals surface area contributed by atoms with Crippen molar-refractivity contribution in [2.24, 2.45) is 0 Å². The zero-order valence-corrected chi connectivity index (χ0v) is 11.7. The van der Waals surface area contributed by atoms with Crippen molar-refractivity contribution < 1.29 is 0 Å². The Morgan fingerprint density at radius 1 is 1.06 bits per heavy atom. The number of rotatable bonds is 3. The maximum absolute atomic E-state index is 3.52. The molecule has 88 valence electrons. The molecule has 0 amide bonds. The molecule has 2 heteroatoms. The van der Waals surface area contributed by atoms with E-state index >= 15 is 0 Å². The first-order valence-electron chi connectivity index (χ1n) is 5.82. The molecule has 0 radical (unpaired) electrons. The highest BCUT2D eigenvalue weighted by atomic mass is 79.9. The van der Waals surface area contributed by atoms with Gasteiger partial charge in [-0.15, -0.1) is 0 Å².